The van der Waals surface area contributed by atoms with Crippen LogP contribution < -0.4 is 5.32 Å². The summed E-state index contributed by atoms with van der Waals surface area (Å²) in [7, 11) is 0. The van der Waals surface area contributed by atoms with E-state index in [0.29, 0.717) is 36.0 Å². The van der Waals surface area contributed by atoms with E-state index < -0.39 is 5.97 Å². The third kappa shape index (κ3) is 5.90. The summed E-state index contributed by atoms with van der Waals surface area (Å²) in [6.45, 7) is 4.10. The van der Waals surface area contributed by atoms with Crippen LogP contribution in [0.3, 0.4) is 0 Å². The molecule has 0 bridgehead atoms. The molecule has 0 amide bonds. The molecule has 0 spiro atoms. The van der Waals surface area contributed by atoms with E-state index in [1.807, 2.05) is 0 Å². The summed E-state index contributed by atoms with van der Waals surface area (Å²) in [5, 5.41) is 23.8. The summed E-state index contributed by atoms with van der Waals surface area (Å²) >= 11 is 11.9. The first kappa shape index (κ1) is 21.5. The van der Waals surface area contributed by atoms with E-state index in [0.717, 1.165) is 13.1 Å². The average molecular weight is 441 g/mol. The van der Waals surface area contributed by atoms with Gasteiger partial charge in [0.25, 0.3) is 0 Å². The largest absolute Gasteiger partial charge is 0.507 e. The van der Waals surface area contributed by atoms with Gasteiger partial charge in [-0.05, 0) is 24.3 Å². The van der Waals surface area contributed by atoms with E-state index in [-0.39, 0.29) is 35.2 Å². The van der Waals surface area contributed by atoms with Crippen LogP contribution in [0.15, 0.2) is 30.3 Å². The van der Waals surface area contributed by atoms with Crippen molar-refractivity contribution in [1.82, 2.24) is 4.90 Å². The molecule has 0 atom stereocenters. The zero-order valence-electron chi connectivity index (χ0n) is 15.7. The minimum Gasteiger partial charge on any atom is -0.507 e. The lowest BCUT2D eigenvalue weighted by Gasteiger charge is -2.26. The minimum absolute atomic E-state index is 0.0618. The summed E-state index contributed by atoms with van der Waals surface area (Å²) in [4.78, 5) is 14.4. The van der Waals surface area contributed by atoms with Crippen LogP contribution in [0.1, 0.15) is 15.9 Å². The number of halogens is 2. The van der Waals surface area contributed by atoms with Crippen LogP contribution in [-0.2, 0) is 16.0 Å². The van der Waals surface area contributed by atoms with Crippen LogP contribution in [0.5, 0.6) is 11.5 Å². The van der Waals surface area contributed by atoms with Crippen molar-refractivity contribution in [1.29, 1.82) is 0 Å². The fourth-order valence-electron chi connectivity index (χ4n) is 2.94. The molecule has 0 radical (unpaired) electrons. The number of hydrogen-bond acceptors (Lipinski definition) is 7. The number of morpholine rings is 1. The number of ether oxygens (including phenoxy) is 2. The van der Waals surface area contributed by atoms with Gasteiger partial charge in [-0.3, -0.25) is 4.90 Å². The third-order valence-electron chi connectivity index (χ3n) is 4.55. The maximum absolute atomic E-state index is 12.2. The Morgan fingerprint density at radius 2 is 1.93 bits per heavy atom. The fourth-order valence-corrected chi connectivity index (χ4v) is 3.47. The summed E-state index contributed by atoms with van der Waals surface area (Å²) in [6, 6.07) is 7.59. The van der Waals surface area contributed by atoms with Gasteiger partial charge in [-0.2, -0.15) is 0 Å². The van der Waals surface area contributed by atoms with Crippen molar-refractivity contribution in [2.24, 2.45) is 0 Å². The monoisotopic (exact) mass is 440 g/mol. The molecule has 2 aromatic carbocycles. The summed E-state index contributed by atoms with van der Waals surface area (Å²) < 4.78 is 10.5. The number of rotatable bonds is 7. The predicted molar refractivity (Wildman–Crippen MR) is 111 cm³/mol. The molecule has 0 aromatic heterocycles. The number of phenolic OH excluding ortho intramolecular Hbond substituents is 2. The fraction of sp³-hybridized carbons (Fsp3) is 0.350. The first-order valence-electron chi connectivity index (χ1n) is 9.15. The van der Waals surface area contributed by atoms with Gasteiger partial charge in [-0.1, -0.05) is 23.2 Å². The Balaban J connectivity index is 1.54. The Bertz CT molecular complexity index is 872. The van der Waals surface area contributed by atoms with Crippen molar-refractivity contribution >= 4 is 34.9 Å². The molecule has 3 N–H and O–H groups in total. The van der Waals surface area contributed by atoms with Gasteiger partial charge in [0.05, 0.1) is 18.2 Å². The summed E-state index contributed by atoms with van der Waals surface area (Å²) in [6.07, 6.45) is 0. The lowest BCUT2D eigenvalue weighted by molar-refractivity contribution is 0.0194. The molecule has 9 heteroatoms. The van der Waals surface area contributed by atoms with E-state index in [2.05, 4.69) is 10.2 Å². The zero-order valence-corrected chi connectivity index (χ0v) is 17.2. The van der Waals surface area contributed by atoms with Crippen LogP contribution in [0, 0.1) is 0 Å². The maximum Gasteiger partial charge on any atom is 0.341 e. The third-order valence-corrected chi connectivity index (χ3v) is 5.06. The van der Waals surface area contributed by atoms with Crippen molar-refractivity contribution in [3.05, 3.63) is 51.5 Å². The molecule has 0 unspecified atom stereocenters. The molecular formula is C20H22Cl2N2O5. The number of esters is 1. The highest BCUT2D eigenvalue weighted by Gasteiger charge is 2.15. The number of benzene rings is 2. The standard InChI is InChI=1S/C20H22Cl2N2O5/c21-14-9-13(19(26)17(22)10-14)12-23-15-1-2-16(18(25)11-15)20(27)29-8-5-24-3-6-28-7-4-24/h1-2,9-11,23,25-26H,3-8,12H2. The van der Waals surface area contributed by atoms with Gasteiger partial charge in [-0.25, -0.2) is 4.79 Å². The first-order chi connectivity index (χ1) is 13.9. The molecular weight excluding hydrogens is 419 g/mol. The number of anilines is 1. The number of nitrogens with one attached hydrogen (secondary N) is 1. The SMILES string of the molecule is O=C(OCCN1CCOCC1)c1ccc(NCc2cc(Cl)cc(Cl)c2O)cc1O. The van der Waals surface area contributed by atoms with Crippen molar-refractivity contribution in [3.8, 4) is 11.5 Å². The second-order valence-electron chi connectivity index (χ2n) is 6.57. The number of hydrogen-bond donors (Lipinski definition) is 3. The summed E-state index contributed by atoms with van der Waals surface area (Å²) in [5.74, 6) is -0.838. The number of phenols is 2. The number of nitrogens with zero attached hydrogens (tertiary/aromatic N) is 1. The zero-order chi connectivity index (χ0) is 20.8. The number of aromatic hydroxyl groups is 2. The van der Waals surface area contributed by atoms with Gasteiger partial charge in [0.1, 0.15) is 23.7 Å². The van der Waals surface area contributed by atoms with Crippen LogP contribution in [-0.4, -0.2) is 60.5 Å². The minimum atomic E-state index is -0.582. The van der Waals surface area contributed by atoms with E-state index in [1.54, 1.807) is 12.1 Å². The molecule has 156 valence electrons. The Hall–Kier alpha value is -2.19. The Morgan fingerprint density at radius 1 is 1.17 bits per heavy atom. The highest BCUT2D eigenvalue weighted by atomic mass is 35.5. The highest BCUT2D eigenvalue weighted by molar-refractivity contribution is 6.35. The van der Waals surface area contributed by atoms with Crippen molar-refractivity contribution in [2.45, 2.75) is 6.54 Å². The van der Waals surface area contributed by atoms with Gasteiger partial charge in [0, 0.05) is 48.5 Å². The molecule has 1 aliphatic heterocycles. The van der Waals surface area contributed by atoms with Gasteiger partial charge >= 0.3 is 5.97 Å². The number of carbonyl (C=O) groups is 1. The first-order valence-corrected chi connectivity index (χ1v) is 9.90. The Morgan fingerprint density at radius 3 is 2.66 bits per heavy atom. The van der Waals surface area contributed by atoms with Crippen molar-refractivity contribution < 1.29 is 24.5 Å². The molecule has 1 aliphatic rings. The molecule has 1 heterocycles. The molecule has 3 rings (SSSR count). The maximum atomic E-state index is 12.2. The summed E-state index contributed by atoms with van der Waals surface area (Å²) in [5.41, 5.74) is 1.16. The molecule has 0 aliphatic carbocycles. The molecule has 1 fully saturated rings. The smallest absolute Gasteiger partial charge is 0.341 e. The molecule has 29 heavy (non-hydrogen) atoms. The lowest BCUT2D eigenvalue weighted by atomic mass is 10.1. The van der Waals surface area contributed by atoms with Gasteiger partial charge in [0.2, 0.25) is 0 Å². The van der Waals surface area contributed by atoms with Gasteiger partial charge < -0.3 is 25.0 Å². The molecule has 2 aromatic rings. The lowest BCUT2D eigenvalue weighted by Crippen LogP contribution is -2.38. The number of carbonyl (C=O) groups excluding carboxylic acids is 1. The van der Waals surface area contributed by atoms with Crippen LogP contribution in [0.2, 0.25) is 10.0 Å². The quantitative estimate of drug-likeness (QED) is 0.567. The Kier molecular flexibility index (Phi) is 7.44. The van der Waals surface area contributed by atoms with Gasteiger partial charge in [-0.15, -0.1) is 0 Å². The second-order valence-corrected chi connectivity index (χ2v) is 7.41. The predicted octanol–water partition coefficient (Wildman–Crippen LogP) is 3.51. The van der Waals surface area contributed by atoms with E-state index >= 15 is 0 Å². The van der Waals surface area contributed by atoms with Gasteiger partial charge in [0.15, 0.2) is 0 Å². The van der Waals surface area contributed by atoms with Crippen LogP contribution >= 0.6 is 23.2 Å². The second kappa shape index (κ2) is 10.0. The topological polar surface area (TPSA) is 91.3 Å². The van der Waals surface area contributed by atoms with E-state index in [4.69, 9.17) is 32.7 Å². The molecule has 0 saturated carbocycles. The Labute approximate surface area is 178 Å². The van der Waals surface area contributed by atoms with Crippen molar-refractivity contribution in [2.75, 3.05) is 44.8 Å². The highest BCUT2D eigenvalue weighted by Crippen LogP contribution is 2.32. The average Bonchev–Trinajstić information content (AvgIpc) is 2.70. The normalized spacial score (nSPS) is 14.6. The molecule has 1 saturated heterocycles. The van der Waals surface area contributed by atoms with E-state index in [1.165, 1.54) is 18.2 Å². The molecule has 7 nitrogen and oxygen atoms in total. The van der Waals surface area contributed by atoms with Crippen LogP contribution in [0.4, 0.5) is 5.69 Å². The van der Waals surface area contributed by atoms with E-state index in [9.17, 15) is 15.0 Å². The van der Waals surface area contributed by atoms with Crippen LogP contribution in [0.25, 0.3) is 0 Å². The van der Waals surface area contributed by atoms with Crippen molar-refractivity contribution in [3.63, 3.8) is 0 Å².